The van der Waals surface area contributed by atoms with Crippen molar-refractivity contribution in [2.75, 3.05) is 0 Å². The van der Waals surface area contributed by atoms with E-state index >= 15 is 0 Å². The number of aryl methyl sites for hydroxylation is 8. The third-order valence-corrected chi connectivity index (χ3v) is 6.25. The molecule has 2 aromatic heterocycles. The Morgan fingerprint density at radius 1 is 0.559 bits per heavy atom. The van der Waals surface area contributed by atoms with Gasteiger partial charge < -0.3 is 24.8 Å². The number of hydrogen-bond donors (Lipinski definition) is 0. The van der Waals surface area contributed by atoms with Crippen molar-refractivity contribution in [3.63, 3.8) is 0 Å². The molecule has 0 saturated carbocycles. The van der Waals surface area contributed by atoms with Crippen LogP contribution >= 0.6 is 0 Å². The summed E-state index contributed by atoms with van der Waals surface area (Å²) < 4.78 is 9.11. The maximum atomic E-state index is 2.30. The van der Waals surface area contributed by atoms with E-state index in [0.717, 1.165) is 25.9 Å². The molecule has 0 bridgehead atoms. The first-order valence-corrected chi connectivity index (χ1v) is 11.6. The highest BCUT2D eigenvalue weighted by Gasteiger charge is 2.14. The zero-order valence-corrected chi connectivity index (χ0v) is 22.7. The lowest BCUT2D eigenvalue weighted by Crippen LogP contribution is -3.00. The van der Waals surface area contributed by atoms with E-state index in [1.807, 2.05) is 0 Å². The van der Waals surface area contributed by atoms with Crippen LogP contribution in [0.1, 0.15) is 46.2 Å². The third-order valence-electron chi connectivity index (χ3n) is 6.25. The van der Waals surface area contributed by atoms with Crippen molar-refractivity contribution in [1.82, 2.24) is 9.13 Å². The summed E-state index contributed by atoms with van der Waals surface area (Å²) in [5.74, 6) is 0. The standard InChI is InChI=1S/C28H36N4.2ClH/c1-21-15-23(3)27(24(4)16-21)31-13-11-29(19-31)9-7-8-10-30-12-14-32(20-30)28-25(5)17-22(2)18-26(28)6;;/h11-20H,7-10H2,1-6H3;2*1H/q+2;;/p-2. The van der Waals surface area contributed by atoms with Gasteiger partial charge >= 0.3 is 0 Å². The highest BCUT2D eigenvalue weighted by Crippen LogP contribution is 2.21. The number of hydrogen-bond acceptors (Lipinski definition) is 0. The fourth-order valence-corrected chi connectivity index (χ4v) is 5.07. The number of halogens is 2. The van der Waals surface area contributed by atoms with Crippen molar-refractivity contribution in [1.29, 1.82) is 0 Å². The van der Waals surface area contributed by atoms with E-state index in [0.29, 0.717) is 0 Å². The van der Waals surface area contributed by atoms with Crippen LogP contribution in [0.5, 0.6) is 0 Å². The molecule has 2 aromatic carbocycles. The summed E-state index contributed by atoms with van der Waals surface area (Å²) in [6, 6.07) is 9.04. The average molecular weight is 500 g/mol. The van der Waals surface area contributed by atoms with E-state index in [1.54, 1.807) is 0 Å². The fourth-order valence-electron chi connectivity index (χ4n) is 5.07. The summed E-state index contributed by atoms with van der Waals surface area (Å²) in [4.78, 5) is 0. The lowest BCUT2D eigenvalue weighted by atomic mass is 10.1. The van der Waals surface area contributed by atoms with Crippen LogP contribution in [0.3, 0.4) is 0 Å². The molecule has 0 N–H and O–H groups in total. The fraction of sp³-hybridized carbons (Fsp3) is 0.357. The molecule has 34 heavy (non-hydrogen) atoms. The Bertz CT molecular complexity index is 1110. The van der Waals surface area contributed by atoms with Crippen molar-refractivity contribution >= 4 is 0 Å². The van der Waals surface area contributed by atoms with Crippen molar-refractivity contribution in [2.24, 2.45) is 0 Å². The number of unbranched alkanes of at least 4 members (excludes halogenated alkanes) is 1. The van der Waals surface area contributed by atoms with Crippen molar-refractivity contribution in [3.8, 4) is 11.4 Å². The number of benzene rings is 2. The molecule has 0 atom stereocenters. The second-order valence-corrected chi connectivity index (χ2v) is 9.32. The van der Waals surface area contributed by atoms with E-state index in [9.17, 15) is 0 Å². The van der Waals surface area contributed by atoms with Gasteiger partial charge in [-0.3, -0.25) is 0 Å². The molecule has 0 spiro atoms. The van der Waals surface area contributed by atoms with Gasteiger partial charge in [-0.05, 0) is 76.6 Å². The maximum absolute atomic E-state index is 2.30. The first kappa shape index (κ1) is 27.7. The summed E-state index contributed by atoms with van der Waals surface area (Å²) in [6.45, 7) is 15.2. The minimum atomic E-state index is 0. The molecule has 6 heteroatoms. The van der Waals surface area contributed by atoms with Crippen LogP contribution in [-0.2, 0) is 13.1 Å². The summed E-state index contributed by atoms with van der Waals surface area (Å²) in [5.41, 5.74) is 10.5. The van der Waals surface area contributed by atoms with Crippen LogP contribution in [0.2, 0.25) is 0 Å². The number of aromatic nitrogens is 4. The molecule has 0 amide bonds. The lowest BCUT2D eigenvalue weighted by molar-refractivity contribution is -0.707. The van der Waals surface area contributed by atoms with E-state index in [1.165, 1.54) is 44.8 Å². The summed E-state index contributed by atoms with van der Waals surface area (Å²) in [6.07, 6.45) is 15.5. The number of nitrogens with zero attached hydrogens (tertiary/aromatic N) is 4. The Hall–Kier alpha value is -2.56. The molecule has 0 aliphatic rings. The Balaban J connectivity index is 0.00000204. The largest absolute Gasteiger partial charge is 1.00 e. The van der Waals surface area contributed by atoms with Crippen molar-refractivity contribution < 1.29 is 33.9 Å². The molecule has 0 aliphatic heterocycles. The summed E-state index contributed by atoms with van der Waals surface area (Å²) in [5, 5.41) is 0. The first-order chi connectivity index (χ1) is 15.3. The van der Waals surface area contributed by atoms with Gasteiger partial charge in [0.25, 0.3) is 0 Å². The van der Waals surface area contributed by atoms with E-state index in [2.05, 4.69) is 122 Å². The Labute approximate surface area is 216 Å². The van der Waals surface area contributed by atoms with Crippen LogP contribution in [-0.4, -0.2) is 9.13 Å². The second kappa shape index (κ2) is 11.7. The summed E-state index contributed by atoms with van der Waals surface area (Å²) >= 11 is 0. The van der Waals surface area contributed by atoms with Crippen LogP contribution in [0.15, 0.2) is 61.7 Å². The average Bonchev–Trinajstić information content (AvgIpc) is 3.34. The van der Waals surface area contributed by atoms with E-state index < -0.39 is 0 Å². The van der Waals surface area contributed by atoms with Gasteiger partial charge in [-0.15, -0.1) is 0 Å². The minimum absolute atomic E-state index is 0. The molecule has 0 aliphatic carbocycles. The van der Waals surface area contributed by atoms with Crippen LogP contribution in [0.4, 0.5) is 0 Å². The highest BCUT2D eigenvalue weighted by molar-refractivity contribution is 5.49. The van der Waals surface area contributed by atoms with Gasteiger partial charge in [0.1, 0.15) is 36.2 Å². The van der Waals surface area contributed by atoms with Gasteiger partial charge in [-0.1, -0.05) is 35.4 Å². The quantitative estimate of drug-likeness (QED) is 0.234. The minimum Gasteiger partial charge on any atom is -1.00 e. The Morgan fingerprint density at radius 3 is 1.21 bits per heavy atom. The topological polar surface area (TPSA) is 17.6 Å². The van der Waals surface area contributed by atoms with Crippen LogP contribution in [0.25, 0.3) is 11.4 Å². The number of rotatable bonds is 7. The van der Waals surface area contributed by atoms with Crippen molar-refractivity contribution in [3.05, 3.63) is 95.1 Å². The van der Waals surface area contributed by atoms with Gasteiger partial charge in [0, 0.05) is 0 Å². The monoisotopic (exact) mass is 498 g/mol. The molecule has 4 aromatic rings. The zero-order chi connectivity index (χ0) is 22.8. The SMILES string of the molecule is Cc1cc(C)c(-n2cc[n+](CCCC[n+]3ccn(-c4c(C)cc(C)cc4C)c3)c2)c(C)c1.[Cl-].[Cl-]. The highest BCUT2D eigenvalue weighted by atomic mass is 35.5. The number of imidazole rings is 2. The van der Waals surface area contributed by atoms with Gasteiger partial charge in [0.2, 0.25) is 12.7 Å². The predicted octanol–water partition coefficient (Wildman–Crippen LogP) is -0.818. The molecular weight excluding hydrogens is 463 g/mol. The molecule has 2 heterocycles. The van der Waals surface area contributed by atoms with Gasteiger partial charge in [-0.2, -0.15) is 0 Å². The maximum Gasteiger partial charge on any atom is 0.248 e. The molecule has 0 fully saturated rings. The van der Waals surface area contributed by atoms with E-state index in [-0.39, 0.29) is 24.8 Å². The van der Waals surface area contributed by atoms with Gasteiger partial charge in [0.05, 0.1) is 13.1 Å². The first-order valence-electron chi connectivity index (χ1n) is 11.6. The molecule has 182 valence electrons. The van der Waals surface area contributed by atoms with Crippen LogP contribution in [0, 0.1) is 41.5 Å². The third kappa shape index (κ3) is 6.11. The molecule has 0 saturated heterocycles. The predicted molar refractivity (Wildman–Crippen MR) is 130 cm³/mol. The molecular formula is C28H36Cl2N4. The smallest absolute Gasteiger partial charge is 0.248 e. The lowest BCUT2D eigenvalue weighted by Gasteiger charge is -2.07. The molecule has 0 radical (unpaired) electrons. The van der Waals surface area contributed by atoms with Crippen molar-refractivity contribution in [2.45, 2.75) is 67.5 Å². The Kier molecular flexibility index (Phi) is 9.54. The van der Waals surface area contributed by atoms with Crippen LogP contribution < -0.4 is 33.9 Å². The zero-order valence-electron chi connectivity index (χ0n) is 21.1. The van der Waals surface area contributed by atoms with E-state index in [4.69, 9.17) is 0 Å². The molecule has 0 unspecified atom stereocenters. The van der Waals surface area contributed by atoms with Gasteiger partial charge in [0.15, 0.2) is 0 Å². The second-order valence-electron chi connectivity index (χ2n) is 9.32. The Morgan fingerprint density at radius 2 is 0.882 bits per heavy atom. The normalized spacial score (nSPS) is 10.6. The molecule has 4 nitrogen and oxygen atoms in total. The van der Waals surface area contributed by atoms with Gasteiger partial charge in [-0.25, -0.2) is 18.3 Å². The molecule has 4 rings (SSSR count). The summed E-state index contributed by atoms with van der Waals surface area (Å²) in [7, 11) is 0.